The molecule has 1 aromatic rings. The van der Waals surface area contributed by atoms with Gasteiger partial charge in [0, 0.05) is 19.5 Å². The molecule has 1 amide bonds. The van der Waals surface area contributed by atoms with E-state index in [1.54, 1.807) is 14.0 Å². The minimum Gasteiger partial charge on any atom is -0.469 e. The molecule has 0 bridgehead atoms. The number of rotatable bonds is 5. The van der Waals surface area contributed by atoms with E-state index in [2.05, 4.69) is 9.89 Å². The summed E-state index contributed by atoms with van der Waals surface area (Å²) in [6.07, 6.45) is 0.167. The van der Waals surface area contributed by atoms with Gasteiger partial charge < -0.3 is 14.2 Å². The molecule has 0 aliphatic heterocycles. The topological polar surface area (TPSA) is 72.6 Å². The van der Waals surface area contributed by atoms with Gasteiger partial charge in [-0.2, -0.15) is 0 Å². The average Bonchev–Trinajstić information content (AvgIpc) is 2.76. The lowest BCUT2D eigenvalue weighted by Crippen LogP contribution is -2.30. The van der Waals surface area contributed by atoms with Gasteiger partial charge in [0.15, 0.2) is 5.76 Å². The van der Waals surface area contributed by atoms with Gasteiger partial charge in [-0.05, 0) is 6.92 Å². The van der Waals surface area contributed by atoms with Gasteiger partial charge in [0.05, 0.1) is 19.2 Å². The Hall–Kier alpha value is -1.85. The van der Waals surface area contributed by atoms with Crippen molar-refractivity contribution >= 4 is 11.9 Å². The second-order valence-corrected chi connectivity index (χ2v) is 4.71. The Morgan fingerprint density at radius 3 is 2.58 bits per heavy atom. The summed E-state index contributed by atoms with van der Waals surface area (Å²) in [6.45, 7) is 5.90. The molecule has 0 unspecified atom stereocenters. The third kappa shape index (κ3) is 3.56. The minimum atomic E-state index is -0.342. The predicted octanol–water partition coefficient (Wildman–Crippen LogP) is 1.74. The highest BCUT2D eigenvalue weighted by Gasteiger charge is 2.25. The molecule has 0 saturated heterocycles. The highest BCUT2D eigenvalue weighted by atomic mass is 16.5. The molecular weight excluding hydrogens is 248 g/mol. The standard InChI is InChI=1S/C13H20N2O4/c1-8(2)12-11(9(3)14-19-12)13(17)15(4)7-6-10(16)18-5/h8H,6-7H2,1-5H3. The lowest BCUT2D eigenvalue weighted by Gasteiger charge is -2.17. The molecule has 0 spiro atoms. The van der Waals surface area contributed by atoms with Crippen LogP contribution in [0.5, 0.6) is 0 Å². The quantitative estimate of drug-likeness (QED) is 0.760. The summed E-state index contributed by atoms with van der Waals surface area (Å²) >= 11 is 0. The number of methoxy groups -OCH3 is 1. The van der Waals surface area contributed by atoms with Gasteiger partial charge >= 0.3 is 5.97 Å². The van der Waals surface area contributed by atoms with Gasteiger partial charge in [-0.1, -0.05) is 19.0 Å². The molecule has 19 heavy (non-hydrogen) atoms. The first-order valence-corrected chi connectivity index (χ1v) is 6.16. The molecule has 106 valence electrons. The van der Waals surface area contributed by atoms with E-state index in [1.165, 1.54) is 12.0 Å². The summed E-state index contributed by atoms with van der Waals surface area (Å²) in [5, 5.41) is 3.84. The number of ether oxygens (including phenoxy) is 1. The van der Waals surface area contributed by atoms with Crippen molar-refractivity contribution in [2.45, 2.75) is 33.1 Å². The SMILES string of the molecule is COC(=O)CCN(C)C(=O)c1c(C)noc1C(C)C. The lowest BCUT2D eigenvalue weighted by atomic mass is 10.0. The zero-order valence-electron chi connectivity index (χ0n) is 12.0. The largest absolute Gasteiger partial charge is 0.469 e. The fourth-order valence-electron chi connectivity index (χ4n) is 1.69. The van der Waals surface area contributed by atoms with E-state index in [0.717, 1.165) is 0 Å². The molecule has 0 aliphatic rings. The van der Waals surface area contributed by atoms with E-state index in [4.69, 9.17) is 4.52 Å². The van der Waals surface area contributed by atoms with Crippen LogP contribution in [0.25, 0.3) is 0 Å². The molecule has 1 aromatic heterocycles. The molecule has 1 heterocycles. The Morgan fingerprint density at radius 2 is 2.05 bits per heavy atom. The van der Waals surface area contributed by atoms with Gasteiger partial charge in [-0.3, -0.25) is 9.59 Å². The van der Waals surface area contributed by atoms with Gasteiger partial charge in [-0.15, -0.1) is 0 Å². The van der Waals surface area contributed by atoms with Crippen molar-refractivity contribution in [1.82, 2.24) is 10.1 Å². The monoisotopic (exact) mass is 268 g/mol. The van der Waals surface area contributed by atoms with Crippen molar-refractivity contribution in [3.05, 3.63) is 17.0 Å². The van der Waals surface area contributed by atoms with E-state index in [9.17, 15) is 9.59 Å². The number of aryl methyl sites for hydroxylation is 1. The molecule has 0 radical (unpaired) electrons. The summed E-state index contributed by atoms with van der Waals surface area (Å²) in [7, 11) is 2.97. The van der Waals surface area contributed by atoms with E-state index >= 15 is 0 Å². The molecule has 0 aromatic carbocycles. The molecule has 0 fully saturated rings. The van der Waals surface area contributed by atoms with Crippen molar-refractivity contribution in [3.63, 3.8) is 0 Å². The first-order chi connectivity index (χ1) is 8.88. The zero-order valence-corrected chi connectivity index (χ0v) is 12.0. The van der Waals surface area contributed by atoms with Crippen LogP contribution in [-0.4, -0.2) is 42.6 Å². The number of hydrogen-bond acceptors (Lipinski definition) is 5. The minimum absolute atomic E-state index is 0.0779. The van der Waals surface area contributed by atoms with Gasteiger partial charge in [0.25, 0.3) is 5.91 Å². The smallest absolute Gasteiger partial charge is 0.307 e. The fraction of sp³-hybridized carbons (Fsp3) is 0.615. The van der Waals surface area contributed by atoms with E-state index in [-0.39, 0.29) is 24.2 Å². The van der Waals surface area contributed by atoms with Crippen LogP contribution in [0.3, 0.4) is 0 Å². The van der Waals surface area contributed by atoms with Crippen molar-refractivity contribution in [2.75, 3.05) is 20.7 Å². The third-order valence-corrected chi connectivity index (χ3v) is 2.85. The number of amides is 1. The second-order valence-electron chi connectivity index (χ2n) is 4.71. The number of carbonyl (C=O) groups is 2. The maximum Gasteiger partial charge on any atom is 0.307 e. The summed E-state index contributed by atoms with van der Waals surface area (Å²) in [4.78, 5) is 24.9. The van der Waals surface area contributed by atoms with Crippen LogP contribution < -0.4 is 0 Å². The maximum absolute atomic E-state index is 12.3. The summed E-state index contributed by atoms with van der Waals surface area (Å²) in [6, 6.07) is 0. The number of aromatic nitrogens is 1. The number of nitrogens with zero attached hydrogens (tertiary/aromatic N) is 2. The van der Waals surface area contributed by atoms with Crippen LogP contribution in [0.1, 0.15) is 48.0 Å². The Labute approximate surface area is 112 Å². The van der Waals surface area contributed by atoms with E-state index < -0.39 is 0 Å². The van der Waals surface area contributed by atoms with Crippen LogP contribution in [0, 0.1) is 6.92 Å². The molecule has 6 nitrogen and oxygen atoms in total. The van der Waals surface area contributed by atoms with E-state index in [0.29, 0.717) is 23.6 Å². The molecule has 0 aliphatic carbocycles. The summed E-state index contributed by atoms with van der Waals surface area (Å²) < 4.78 is 9.73. The number of carbonyl (C=O) groups excluding carboxylic acids is 2. The average molecular weight is 268 g/mol. The maximum atomic E-state index is 12.3. The first kappa shape index (κ1) is 15.2. The van der Waals surface area contributed by atoms with Crippen LogP contribution in [0.4, 0.5) is 0 Å². The molecule has 0 atom stereocenters. The van der Waals surface area contributed by atoms with Crippen molar-refractivity contribution in [2.24, 2.45) is 0 Å². The van der Waals surface area contributed by atoms with Gasteiger partial charge in [-0.25, -0.2) is 0 Å². The Morgan fingerprint density at radius 1 is 1.42 bits per heavy atom. The summed E-state index contributed by atoms with van der Waals surface area (Å²) in [5.41, 5.74) is 1.06. The van der Waals surface area contributed by atoms with Crippen molar-refractivity contribution in [3.8, 4) is 0 Å². The number of hydrogen-bond donors (Lipinski definition) is 0. The molecule has 6 heteroatoms. The second kappa shape index (κ2) is 6.36. The molecule has 0 N–H and O–H groups in total. The predicted molar refractivity (Wildman–Crippen MR) is 68.9 cm³/mol. The normalized spacial score (nSPS) is 10.6. The number of esters is 1. The Bertz CT molecular complexity index is 465. The van der Waals surface area contributed by atoms with Crippen molar-refractivity contribution < 1.29 is 18.8 Å². The molecule has 1 rings (SSSR count). The van der Waals surface area contributed by atoms with Crippen LogP contribution in [0.2, 0.25) is 0 Å². The Balaban J connectivity index is 2.82. The van der Waals surface area contributed by atoms with Gasteiger partial charge in [0.2, 0.25) is 0 Å². The van der Waals surface area contributed by atoms with E-state index in [1.807, 2.05) is 13.8 Å². The highest BCUT2D eigenvalue weighted by molar-refractivity contribution is 5.96. The highest BCUT2D eigenvalue weighted by Crippen LogP contribution is 2.23. The van der Waals surface area contributed by atoms with Crippen LogP contribution >= 0.6 is 0 Å². The van der Waals surface area contributed by atoms with Gasteiger partial charge in [0.1, 0.15) is 5.56 Å². The van der Waals surface area contributed by atoms with Crippen molar-refractivity contribution in [1.29, 1.82) is 0 Å². The molecular formula is C13H20N2O4. The zero-order chi connectivity index (χ0) is 14.6. The fourth-order valence-corrected chi connectivity index (χ4v) is 1.69. The third-order valence-electron chi connectivity index (χ3n) is 2.85. The first-order valence-electron chi connectivity index (χ1n) is 6.16. The summed E-state index contributed by atoms with van der Waals surface area (Å²) in [5.74, 6) is 0.124. The van der Waals surface area contributed by atoms with Crippen LogP contribution in [0.15, 0.2) is 4.52 Å². The van der Waals surface area contributed by atoms with Crippen LogP contribution in [-0.2, 0) is 9.53 Å². The Kier molecular flexibility index (Phi) is 5.09. The molecule has 0 saturated carbocycles. The lowest BCUT2D eigenvalue weighted by molar-refractivity contribution is -0.140.